The van der Waals surface area contributed by atoms with E-state index in [2.05, 4.69) is 32.5 Å². The molecule has 0 spiro atoms. The summed E-state index contributed by atoms with van der Waals surface area (Å²) in [5.41, 5.74) is 0. The van der Waals surface area contributed by atoms with Crippen molar-refractivity contribution >= 4 is 29.5 Å². The van der Waals surface area contributed by atoms with Gasteiger partial charge in [0.25, 0.3) is 0 Å². The number of anilines is 2. The fourth-order valence-corrected chi connectivity index (χ4v) is 1.22. The number of rotatable bonds is 6. The summed E-state index contributed by atoms with van der Waals surface area (Å²) in [7, 11) is 0. The number of hydrogen-bond acceptors (Lipinski definition) is 5. The largest absolute Gasteiger partial charge is 0.352 e. The van der Waals surface area contributed by atoms with Crippen LogP contribution in [0.2, 0.25) is 0 Å². The number of carbonyl (C=O) groups is 3. The number of carbonyl (C=O) groups excluding carboxylic acids is 3. The van der Waals surface area contributed by atoms with Gasteiger partial charge in [-0.1, -0.05) is 6.58 Å². The van der Waals surface area contributed by atoms with Gasteiger partial charge >= 0.3 is 0 Å². The van der Waals surface area contributed by atoms with Crippen LogP contribution in [-0.2, 0) is 14.4 Å². The van der Waals surface area contributed by atoms with Crippen LogP contribution in [0.1, 0.15) is 13.3 Å². The Morgan fingerprint density at radius 2 is 2.10 bits per heavy atom. The van der Waals surface area contributed by atoms with Crippen molar-refractivity contribution in [2.24, 2.45) is 0 Å². The van der Waals surface area contributed by atoms with Gasteiger partial charge < -0.3 is 10.6 Å². The minimum Gasteiger partial charge on any atom is -0.352 e. The molecule has 0 aliphatic carbocycles. The van der Waals surface area contributed by atoms with Crippen LogP contribution < -0.4 is 16.0 Å². The molecule has 0 saturated heterocycles. The van der Waals surface area contributed by atoms with E-state index in [0.29, 0.717) is 0 Å². The third kappa shape index (κ3) is 5.71. The number of nitrogens with one attached hydrogen (secondary N) is 3. The van der Waals surface area contributed by atoms with Gasteiger partial charge in [0, 0.05) is 26.1 Å². The van der Waals surface area contributed by atoms with E-state index in [0.717, 1.165) is 6.08 Å². The van der Waals surface area contributed by atoms with Crippen LogP contribution in [0, 0.1) is 0 Å². The average Bonchev–Trinajstić information content (AvgIpc) is 2.38. The maximum Gasteiger partial charge on any atom is 0.243 e. The van der Waals surface area contributed by atoms with Gasteiger partial charge in [-0.3, -0.25) is 19.7 Å². The second-order valence-electron chi connectivity index (χ2n) is 3.74. The van der Waals surface area contributed by atoms with E-state index in [4.69, 9.17) is 0 Å². The number of aromatic nitrogens is 2. The molecule has 1 aromatic heterocycles. The van der Waals surface area contributed by atoms with Gasteiger partial charge in [0.15, 0.2) is 0 Å². The van der Waals surface area contributed by atoms with Crippen LogP contribution in [0.15, 0.2) is 24.9 Å². The van der Waals surface area contributed by atoms with Crippen LogP contribution in [-0.4, -0.2) is 34.2 Å². The fourth-order valence-electron chi connectivity index (χ4n) is 1.22. The highest BCUT2D eigenvalue weighted by molar-refractivity contribution is 5.91. The summed E-state index contributed by atoms with van der Waals surface area (Å²) in [6.45, 7) is 4.82. The van der Waals surface area contributed by atoms with Gasteiger partial charge in [-0.15, -0.1) is 0 Å². The van der Waals surface area contributed by atoms with E-state index in [1.165, 1.54) is 19.2 Å². The molecule has 0 aliphatic rings. The molecule has 8 nitrogen and oxygen atoms in total. The highest BCUT2D eigenvalue weighted by atomic mass is 16.2. The number of amides is 3. The lowest BCUT2D eigenvalue weighted by molar-refractivity contribution is -0.117. The summed E-state index contributed by atoms with van der Waals surface area (Å²) in [4.78, 5) is 41.1. The van der Waals surface area contributed by atoms with Crippen molar-refractivity contribution in [1.82, 2.24) is 15.3 Å². The molecule has 1 rings (SSSR count). The molecule has 3 N–H and O–H groups in total. The topological polar surface area (TPSA) is 113 Å². The van der Waals surface area contributed by atoms with Crippen LogP contribution in [0.3, 0.4) is 0 Å². The number of hydrogen-bond donors (Lipinski definition) is 3. The van der Waals surface area contributed by atoms with Gasteiger partial charge in [0.05, 0.1) is 0 Å². The predicted molar refractivity (Wildman–Crippen MR) is 72.8 cm³/mol. The molecule has 20 heavy (non-hydrogen) atoms. The third-order valence-electron chi connectivity index (χ3n) is 2.05. The summed E-state index contributed by atoms with van der Waals surface area (Å²) >= 11 is 0. The standard InChI is InChI=1S/C12H15N5O3/c1-3-10(19)13-7-5-11(20)16-9-4-6-14-12(17-9)15-8(2)18/h3-4,6H,1,5,7H2,2H3,(H,13,19)(H2,14,15,16,17,18,20). The van der Waals surface area contributed by atoms with Crippen molar-refractivity contribution < 1.29 is 14.4 Å². The predicted octanol–water partition coefficient (Wildman–Crippen LogP) is 0.0658. The molecule has 8 heteroatoms. The first-order valence-electron chi connectivity index (χ1n) is 5.82. The van der Waals surface area contributed by atoms with Crippen LogP contribution in [0.25, 0.3) is 0 Å². The van der Waals surface area contributed by atoms with Gasteiger partial charge in [-0.2, -0.15) is 4.98 Å². The third-order valence-corrected chi connectivity index (χ3v) is 2.05. The molecular weight excluding hydrogens is 262 g/mol. The quantitative estimate of drug-likeness (QED) is 0.637. The Labute approximate surface area is 115 Å². The van der Waals surface area contributed by atoms with Crippen molar-refractivity contribution in [3.63, 3.8) is 0 Å². The maximum absolute atomic E-state index is 11.6. The summed E-state index contributed by atoms with van der Waals surface area (Å²) in [6.07, 6.45) is 2.63. The Balaban J connectivity index is 2.47. The van der Waals surface area contributed by atoms with E-state index >= 15 is 0 Å². The zero-order chi connectivity index (χ0) is 15.0. The van der Waals surface area contributed by atoms with E-state index < -0.39 is 0 Å². The Kier molecular flexibility index (Phi) is 5.82. The molecule has 1 aromatic rings. The molecule has 0 aromatic carbocycles. The summed E-state index contributed by atoms with van der Waals surface area (Å²) < 4.78 is 0. The van der Waals surface area contributed by atoms with Crippen LogP contribution >= 0.6 is 0 Å². The van der Waals surface area contributed by atoms with Crippen molar-refractivity contribution in [3.05, 3.63) is 24.9 Å². The molecule has 0 bridgehead atoms. The lowest BCUT2D eigenvalue weighted by Crippen LogP contribution is -2.26. The van der Waals surface area contributed by atoms with Crippen molar-refractivity contribution in [3.8, 4) is 0 Å². The lowest BCUT2D eigenvalue weighted by atomic mass is 10.4. The van der Waals surface area contributed by atoms with E-state index in [1.807, 2.05) is 0 Å². The van der Waals surface area contributed by atoms with Gasteiger partial charge in [0.2, 0.25) is 23.7 Å². The Morgan fingerprint density at radius 1 is 1.35 bits per heavy atom. The normalized spacial score (nSPS) is 9.45. The molecule has 0 fully saturated rings. The van der Waals surface area contributed by atoms with Crippen LogP contribution in [0.5, 0.6) is 0 Å². The van der Waals surface area contributed by atoms with Gasteiger partial charge in [-0.05, 0) is 12.1 Å². The zero-order valence-electron chi connectivity index (χ0n) is 11.0. The highest BCUT2D eigenvalue weighted by Crippen LogP contribution is 2.05. The molecule has 0 saturated carbocycles. The molecular formula is C12H15N5O3. The molecule has 0 unspecified atom stereocenters. The minimum atomic E-state index is -0.340. The monoisotopic (exact) mass is 277 g/mol. The Bertz CT molecular complexity index is 530. The Morgan fingerprint density at radius 3 is 2.75 bits per heavy atom. The molecule has 0 aliphatic heterocycles. The van der Waals surface area contributed by atoms with E-state index in [-0.39, 0.29) is 42.5 Å². The van der Waals surface area contributed by atoms with Crippen LogP contribution in [0.4, 0.5) is 11.8 Å². The molecule has 106 valence electrons. The molecule has 3 amide bonds. The van der Waals surface area contributed by atoms with Crippen molar-refractivity contribution in [2.45, 2.75) is 13.3 Å². The summed E-state index contributed by atoms with van der Waals surface area (Å²) in [5.74, 6) is -0.589. The van der Waals surface area contributed by atoms with Crippen molar-refractivity contribution in [2.75, 3.05) is 17.2 Å². The average molecular weight is 277 g/mol. The molecule has 0 atom stereocenters. The number of nitrogens with zero attached hydrogens (tertiary/aromatic N) is 2. The van der Waals surface area contributed by atoms with E-state index in [1.54, 1.807) is 0 Å². The second-order valence-corrected chi connectivity index (χ2v) is 3.74. The van der Waals surface area contributed by atoms with Crippen molar-refractivity contribution in [1.29, 1.82) is 0 Å². The molecule has 0 radical (unpaired) electrons. The second kappa shape index (κ2) is 7.62. The van der Waals surface area contributed by atoms with Gasteiger partial charge in [0.1, 0.15) is 5.82 Å². The first kappa shape index (κ1) is 15.3. The molecule has 1 heterocycles. The van der Waals surface area contributed by atoms with E-state index in [9.17, 15) is 14.4 Å². The summed E-state index contributed by atoms with van der Waals surface area (Å²) in [6, 6.07) is 1.49. The summed E-state index contributed by atoms with van der Waals surface area (Å²) in [5, 5.41) is 7.41. The lowest BCUT2D eigenvalue weighted by Gasteiger charge is -2.06. The van der Waals surface area contributed by atoms with Gasteiger partial charge in [-0.25, -0.2) is 4.98 Å². The highest BCUT2D eigenvalue weighted by Gasteiger charge is 2.06. The fraction of sp³-hybridized carbons (Fsp3) is 0.250. The zero-order valence-corrected chi connectivity index (χ0v) is 11.0. The first-order chi connectivity index (χ1) is 9.51. The maximum atomic E-state index is 11.6. The first-order valence-corrected chi connectivity index (χ1v) is 5.82. The minimum absolute atomic E-state index is 0.0963. The smallest absolute Gasteiger partial charge is 0.243 e. The Hall–Kier alpha value is -2.77. The SMILES string of the molecule is C=CC(=O)NCCC(=O)Nc1ccnc(NC(C)=O)n1.